The summed E-state index contributed by atoms with van der Waals surface area (Å²) in [4.78, 5) is 4.75. The first-order valence-corrected chi connectivity index (χ1v) is 8.41. The maximum Gasteiger partial charge on any atom is 0.0478 e. The van der Waals surface area contributed by atoms with Gasteiger partial charge in [-0.25, -0.2) is 0 Å². The topological polar surface area (TPSA) is 32.5 Å². The molecule has 2 unspecified atom stereocenters. The van der Waals surface area contributed by atoms with Crippen LogP contribution in [0.25, 0.3) is 0 Å². The zero-order chi connectivity index (χ0) is 16.4. The van der Waals surface area contributed by atoms with Crippen LogP contribution in [0.2, 0.25) is 5.02 Å². The van der Waals surface area contributed by atoms with E-state index in [9.17, 15) is 0 Å². The fourth-order valence-electron chi connectivity index (χ4n) is 3.47. The smallest absolute Gasteiger partial charge is 0.0478 e. The van der Waals surface area contributed by atoms with Crippen LogP contribution in [0.1, 0.15) is 28.8 Å². The molecular weight excluding hydrogens is 306 g/mol. The minimum Gasteiger partial charge on any atom is -0.329 e. The Bertz CT molecular complexity index is 654. The maximum absolute atomic E-state index is 6.08. The number of hydrogen-bond acceptors (Lipinski definition) is 3. The average Bonchev–Trinajstić information content (AvgIpc) is 2.90. The number of nitrogens with two attached hydrogens (primary N) is 1. The Morgan fingerprint density at radius 2 is 1.87 bits per heavy atom. The summed E-state index contributed by atoms with van der Waals surface area (Å²) in [5.41, 5.74) is 10.1. The van der Waals surface area contributed by atoms with Crippen molar-refractivity contribution in [3.63, 3.8) is 0 Å². The maximum atomic E-state index is 6.08. The second kappa shape index (κ2) is 7.02. The highest BCUT2D eigenvalue weighted by Crippen LogP contribution is 2.35. The highest BCUT2D eigenvalue weighted by molar-refractivity contribution is 6.30. The lowest BCUT2D eigenvalue weighted by Crippen LogP contribution is -2.36. The van der Waals surface area contributed by atoms with E-state index in [1.165, 1.54) is 16.7 Å². The number of fused-ring (bicyclic) bond motifs is 1. The molecule has 1 aliphatic rings. The summed E-state index contributed by atoms with van der Waals surface area (Å²) in [6, 6.07) is 17.4. The largest absolute Gasteiger partial charge is 0.329 e. The molecule has 0 radical (unpaired) electrons. The van der Waals surface area contributed by atoms with Crippen molar-refractivity contribution in [1.29, 1.82) is 0 Å². The van der Waals surface area contributed by atoms with E-state index in [-0.39, 0.29) is 0 Å². The molecule has 0 saturated heterocycles. The molecule has 0 fully saturated rings. The summed E-state index contributed by atoms with van der Waals surface area (Å²) < 4.78 is 0. The van der Waals surface area contributed by atoms with Gasteiger partial charge in [-0.2, -0.15) is 0 Å². The van der Waals surface area contributed by atoms with Gasteiger partial charge in [-0.3, -0.25) is 4.90 Å². The number of nitrogens with zero attached hydrogens (tertiary/aromatic N) is 2. The van der Waals surface area contributed by atoms with Gasteiger partial charge < -0.3 is 10.6 Å². The lowest BCUT2D eigenvalue weighted by atomic mass is 10.0. The molecule has 3 rings (SSSR count). The predicted molar refractivity (Wildman–Crippen MR) is 96.5 cm³/mol. The number of hydrogen-bond donors (Lipinski definition) is 1. The molecule has 1 aliphatic heterocycles. The van der Waals surface area contributed by atoms with Gasteiger partial charge in [0.1, 0.15) is 0 Å². The first-order chi connectivity index (χ1) is 11.1. The standard InChI is InChI=1S/C19H24ClN3/c1-22(2)19(14-7-9-16(20)10-8-14)13-23-12-15-5-3-4-6-17(15)18(23)11-21/h3-10,18-19H,11-13,21H2,1-2H3. The normalized spacial score (nSPS) is 19.1. The number of rotatable bonds is 5. The zero-order valence-electron chi connectivity index (χ0n) is 13.7. The van der Waals surface area contributed by atoms with Crippen LogP contribution in [0.4, 0.5) is 0 Å². The molecule has 122 valence electrons. The lowest BCUT2D eigenvalue weighted by Gasteiger charge is -2.32. The van der Waals surface area contributed by atoms with Crippen LogP contribution in [0.5, 0.6) is 0 Å². The summed E-state index contributed by atoms with van der Waals surface area (Å²) >= 11 is 6.03. The lowest BCUT2D eigenvalue weighted by molar-refractivity contribution is 0.151. The van der Waals surface area contributed by atoms with Crippen LogP contribution in [0, 0.1) is 0 Å². The second-order valence-electron chi connectivity index (χ2n) is 6.41. The number of halogens is 1. The molecule has 2 atom stereocenters. The Morgan fingerprint density at radius 1 is 1.17 bits per heavy atom. The fourth-order valence-corrected chi connectivity index (χ4v) is 3.60. The van der Waals surface area contributed by atoms with Crippen LogP contribution < -0.4 is 5.73 Å². The third-order valence-corrected chi connectivity index (χ3v) is 4.99. The molecule has 0 amide bonds. The summed E-state index contributed by atoms with van der Waals surface area (Å²) in [6.07, 6.45) is 0. The molecule has 2 aromatic carbocycles. The zero-order valence-corrected chi connectivity index (χ0v) is 14.5. The van der Waals surface area contributed by atoms with Gasteiger partial charge in [0.15, 0.2) is 0 Å². The Hall–Kier alpha value is -1.39. The highest BCUT2D eigenvalue weighted by atomic mass is 35.5. The molecule has 4 heteroatoms. The Morgan fingerprint density at radius 3 is 2.52 bits per heavy atom. The SMILES string of the molecule is CN(C)C(CN1Cc2ccccc2C1CN)c1ccc(Cl)cc1. The van der Waals surface area contributed by atoms with Gasteiger partial charge in [-0.05, 0) is 42.9 Å². The van der Waals surface area contributed by atoms with Crippen molar-refractivity contribution in [1.82, 2.24) is 9.80 Å². The summed E-state index contributed by atoms with van der Waals surface area (Å²) in [6.45, 7) is 2.57. The van der Waals surface area contributed by atoms with E-state index in [0.717, 1.165) is 18.1 Å². The van der Waals surface area contributed by atoms with Gasteiger partial charge in [-0.15, -0.1) is 0 Å². The van der Waals surface area contributed by atoms with Crippen molar-refractivity contribution in [2.45, 2.75) is 18.6 Å². The van der Waals surface area contributed by atoms with Crippen molar-refractivity contribution >= 4 is 11.6 Å². The van der Waals surface area contributed by atoms with Gasteiger partial charge in [-0.1, -0.05) is 48.0 Å². The molecule has 0 aliphatic carbocycles. The molecular formula is C19H24ClN3. The van der Waals surface area contributed by atoms with Crippen molar-refractivity contribution in [2.75, 3.05) is 27.2 Å². The van der Waals surface area contributed by atoms with Crippen LogP contribution >= 0.6 is 11.6 Å². The van der Waals surface area contributed by atoms with E-state index >= 15 is 0 Å². The quantitative estimate of drug-likeness (QED) is 0.911. The predicted octanol–water partition coefficient (Wildman–Crippen LogP) is 3.46. The van der Waals surface area contributed by atoms with Crippen molar-refractivity contribution < 1.29 is 0 Å². The van der Waals surface area contributed by atoms with E-state index in [0.29, 0.717) is 18.6 Å². The van der Waals surface area contributed by atoms with Gasteiger partial charge in [0.05, 0.1) is 0 Å². The van der Waals surface area contributed by atoms with E-state index in [2.05, 4.69) is 60.3 Å². The van der Waals surface area contributed by atoms with Gasteiger partial charge in [0.2, 0.25) is 0 Å². The third-order valence-electron chi connectivity index (χ3n) is 4.74. The molecule has 3 nitrogen and oxygen atoms in total. The molecule has 23 heavy (non-hydrogen) atoms. The molecule has 0 spiro atoms. The van der Waals surface area contributed by atoms with Gasteiger partial charge in [0, 0.05) is 36.7 Å². The average molecular weight is 330 g/mol. The third kappa shape index (κ3) is 3.43. The molecule has 2 aromatic rings. The summed E-state index contributed by atoms with van der Waals surface area (Å²) in [5, 5.41) is 0.777. The number of likely N-dealkylation sites (N-methyl/N-ethyl adjacent to an activating group) is 1. The minimum absolute atomic E-state index is 0.306. The molecule has 2 N–H and O–H groups in total. The van der Waals surface area contributed by atoms with Crippen molar-refractivity contribution in [2.24, 2.45) is 5.73 Å². The Balaban J connectivity index is 1.82. The fraction of sp³-hybridized carbons (Fsp3) is 0.368. The Labute approximate surface area is 143 Å². The molecule has 0 bridgehead atoms. The first kappa shape index (κ1) is 16.5. The van der Waals surface area contributed by atoms with Crippen LogP contribution in [-0.2, 0) is 6.54 Å². The molecule has 0 aromatic heterocycles. The first-order valence-electron chi connectivity index (χ1n) is 8.04. The number of benzene rings is 2. The molecule has 0 saturated carbocycles. The van der Waals surface area contributed by atoms with Crippen LogP contribution in [0.15, 0.2) is 48.5 Å². The summed E-state index contributed by atoms with van der Waals surface area (Å²) in [7, 11) is 4.25. The van der Waals surface area contributed by atoms with E-state index in [1.54, 1.807) is 0 Å². The Kier molecular flexibility index (Phi) is 5.02. The summed E-state index contributed by atoms with van der Waals surface area (Å²) in [5.74, 6) is 0. The monoisotopic (exact) mass is 329 g/mol. The van der Waals surface area contributed by atoms with Crippen LogP contribution in [0.3, 0.4) is 0 Å². The van der Waals surface area contributed by atoms with E-state index in [1.807, 2.05) is 12.1 Å². The van der Waals surface area contributed by atoms with Crippen molar-refractivity contribution in [3.05, 3.63) is 70.2 Å². The minimum atomic E-state index is 0.306. The second-order valence-corrected chi connectivity index (χ2v) is 6.85. The highest BCUT2D eigenvalue weighted by Gasteiger charge is 2.31. The van der Waals surface area contributed by atoms with E-state index < -0.39 is 0 Å². The van der Waals surface area contributed by atoms with E-state index in [4.69, 9.17) is 17.3 Å². The van der Waals surface area contributed by atoms with Gasteiger partial charge in [0.25, 0.3) is 0 Å². The van der Waals surface area contributed by atoms with Crippen molar-refractivity contribution in [3.8, 4) is 0 Å². The van der Waals surface area contributed by atoms with Gasteiger partial charge >= 0.3 is 0 Å². The van der Waals surface area contributed by atoms with Crippen LogP contribution in [-0.4, -0.2) is 37.0 Å². The molecule has 1 heterocycles.